The Morgan fingerprint density at radius 2 is 2.14 bits per heavy atom. The van der Waals surface area contributed by atoms with E-state index in [0.29, 0.717) is 36.6 Å². The number of amides is 1. The van der Waals surface area contributed by atoms with E-state index < -0.39 is 11.4 Å². The number of ether oxygens (including phenoxy) is 2. The predicted octanol–water partition coefficient (Wildman–Crippen LogP) is 1.54. The number of hydrogen-bond acceptors (Lipinski definition) is 6. The van der Waals surface area contributed by atoms with Crippen molar-refractivity contribution < 1.29 is 19.1 Å². The van der Waals surface area contributed by atoms with Crippen LogP contribution in [0.5, 0.6) is 0 Å². The summed E-state index contributed by atoms with van der Waals surface area (Å²) >= 11 is 1.26. The zero-order valence-corrected chi connectivity index (χ0v) is 13.0. The number of carbonyl (C=O) groups excluding carboxylic acids is 2. The lowest BCUT2D eigenvalue weighted by atomic mass is 9.79. The van der Waals surface area contributed by atoms with Crippen molar-refractivity contribution in [3.8, 4) is 0 Å². The van der Waals surface area contributed by atoms with Gasteiger partial charge < -0.3 is 20.5 Å². The van der Waals surface area contributed by atoms with Gasteiger partial charge in [0.25, 0.3) is 0 Å². The zero-order chi connectivity index (χ0) is 15.5. The van der Waals surface area contributed by atoms with Crippen LogP contribution in [-0.4, -0.2) is 38.7 Å². The molecule has 1 aliphatic heterocycles. The molecule has 0 aliphatic carbocycles. The molecule has 0 radical (unpaired) electrons. The molecule has 0 unspecified atom stereocenters. The molecule has 21 heavy (non-hydrogen) atoms. The van der Waals surface area contributed by atoms with Crippen LogP contribution in [0.25, 0.3) is 0 Å². The molecule has 1 fully saturated rings. The van der Waals surface area contributed by atoms with Gasteiger partial charge in [-0.3, -0.25) is 4.79 Å². The SMILES string of the molecule is COC(=O)c1scc(C)c1NC(=O)C1(CN)CCOCC1. The second kappa shape index (κ2) is 6.55. The van der Waals surface area contributed by atoms with Gasteiger partial charge in [-0.05, 0) is 30.7 Å². The summed E-state index contributed by atoms with van der Waals surface area (Å²) in [4.78, 5) is 24.8. The van der Waals surface area contributed by atoms with Crippen molar-refractivity contribution in [1.29, 1.82) is 0 Å². The predicted molar refractivity (Wildman–Crippen MR) is 80.6 cm³/mol. The Balaban J connectivity index is 2.23. The van der Waals surface area contributed by atoms with Crippen LogP contribution in [-0.2, 0) is 14.3 Å². The summed E-state index contributed by atoms with van der Waals surface area (Å²) in [5.41, 5.74) is 6.56. The second-order valence-electron chi connectivity index (χ2n) is 5.17. The minimum absolute atomic E-state index is 0.153. The van der Waals surface area contributed by atoms with Crippen LogP contribution >= 0.6 is 11.3 Å². The molecular formula is C14H20N2O4S. The van der Waals surface area contributed by atoms with Gasteiger partial charge in [-0.15, -0.1) is 11.3 Å². The number of thiophene rings is 1. The van der Waals surface area contributed by atoms with Gasteiger partial charge in [0.15, 0.2) is 0 Å². The molecule has 7 heteroatoms. The van der Waals surface area contributed by atoms with E-state index in [0.717, 1.165) is 5.56 Å². The van der Waals surface area contributed by atoms with Crippen molar-refractivity contribution in [3.05, 3.63) is 15.8 Å². The summed E-state index contributed by atoms with van der Waals surface area (Å²) in [6.45, 7) is 3.16. The summed E-state index contributed by atoms with van der Waals surface area (Å²) in [6, 6.07) is 0. The monoisotopic (exact) mass is 312 g/mol. The summed E-state index contributed by atoms with van der Waals surface area (Å²) in [5, 5.41) is 4.69. The molecular weight excluding hydrogens is 292 g/mol. The van der Waals surface area contributed by atoms with E-state index in [2.05, 4.69) is 5.32 Å². The van der Waals surface area contributed by atoms with Gasteiger partial charge in [-0.25, -0.2) is 4.79 Å². The first-order valence-corrected chi connectivity index (χ1v) is 7.68. The number of anilines is 1. The van der Waals surface area contributed by atoms with Crippen molar-refractivity contribution in [2.24, 2.45) is 11.1 Å². The standard InChI is InChI=1S/C14H20N2O4S/c1-9-7-21-11(12(17)19-2)10(9)16-13(18)14(8-15)3-5-20-6-4-14/h7H,3-6,8,15H2,1-2H3,(H,16,18). The van der Waals surface area contributed by atoms with Crippen LogP contribution in [0.3, 0.4) is 0 Å². The third-order valence-corrected chi connectivity index (χ3v) is 4.98. The van der Waals surface area contributed by atoms with Crippen LogP contribution in [0.1, 0.15) is 28.1 Å². The van der Waals surface area contributed by atoms with Crippen LogP contribution in [0.4, 0.5) is 5.69 Å². The number of hydrogen-bond donors (Lipinski definition) is 2. The number of nitrogens with two attached hydrogens (primary N) is 1. The molecule has 1 aliphatic rings. The zero-order valence-electron chi connectivity index (χ0n) is 12.2. The van der Waals surface area contributed by atoms with Gasteiger partial charge in [-0.2, -0.15) is 0 Å². The van der Waals surface area contributed by atoms with Gasteiger partial charge in [0.1, 0.15) is 4.88 Å². The Morgan fingerprint density at radius 3 is 2.71 bits per heavy atom. The molecule has 0 atom stereocenters. The van der Waals surface area contributed by atoms with Crippen LogP contribution < -0.4 is 11.1 Å². The minimum Gasteiger partial charge on any atom is -0.465 e. The minimum atomic E-state index is -0.625. The quantitative estimate of drug-likeness (QED) is 0.823. The van der Waals surface area contributed by atoms with Crippen LogP contribution in [0, 0.1) is 12.3 Å². The lowest BCUT2D eigenvalue weighted by molar-refractivity contribution is -0.130. The summed E-state index contributed by atoms with van der Waals surface area (Å²) < 4.78 is 10.1. The molecule has 1 saturated heterocycles. The first kappa shape index (κ1) is 15.9. The molecule has 3 N–H and O–H groups in total. The third-order valence-electron chi connectivity index (χ3n) is 3.91. The highest BCUT2D eigenvalue weighted by atomic mass is 32.1. The Morgan fingerprint density at radius 1 is 1.48 bits per heavy atom. The maximum atomic E-state index is 12.6. The summed E-state index contributed by atoms with van der Waals surface area (Å²) in [7, 11) is 1.32. The molecule has 1 amide bonds. The Kier molecular flexibility index (Phi) is 4.97. The summed E-state index contributed by atoms with van der Waals surface area (Å²) in [6.07, 6.45) is 1.18. The smallest absolute Gasteiger partial charge is 0.350 e. The van der Waals surface area contributed by atoms with Crippen molar-refractivity contribution in [1.82, 2.24) is 0 Å². The molecule has 2 rings (SSSR count). The molecule has 6 nitrogen and oxygen atoms in total. The maximum Gasteiger partial charge on any atom is 0.350 e. The largest absolute Gasteiger partial charge is 0.465 e. The number of methoxy groups -OCH3 is 1. The van der Waals surface area contributed by atoms with Crippen LogP contribution in [0.2, 0.25) is 0 Å². The highest BCUT2D eigenvalue weighted by Gasteiger charge is 2.39. The number of carbonyl (C=O) groups is 2. The normalized spacial score (nSPS) is 17.3. The van der Waals surface area contributed by atoms with Gasteiger partial charge in [0.05, 0.1) is 18.2 Å². The highest BCUT2D eigenvalue weighted by molar-refractivity contribution is 7.12. The fourth-order valence-electron chi connectivity index (χ4n) is 2.37. The first-order valence-electron chi connectivity index (χ1n) is 6.80. The number of aryl methyl sites for hydroxylation is 1. The molecule has 1 aromatic rings. The lowest BCUT2D eigenvalue weighted by Gasteiger charge is -2.34. The van der Waals surface area contributed by atoms with Gasteiger partial charge in [0.2, 0.25) is 5.91 Å². The van der Waals surface area contributed by atoms with E-state index in [1.54, 1.807) is 0 Å². The first-order chi connectivity index (χ1) is 10.0. The molecule has 2 heterocycles. The fourth-order valence-corrected chi connectivity index (χ4v) is 3.30. The molecule has 0 saturated carbocycles. The number of nitrogens with one attached hydrogen (secondary N) is 1. The third kappa shape index (κ3) is 3.09. The van der Waals surface area contributed by atoms with E-state index in [4.69, 9.17) is 15.2 Å². The van der Waals surface area contributed by atoms with Crippen molar-refractivity contribution in [3.63, 3.8) is 0 Å². The average Bonchev–Trinajstić information content (AvgIpc) is 2.88. The van der Waals surface area contributed by atoms with Crippen LogP contribution in [0.15, 0.2) is 5.38 Å². The van der Waals surface area contributed by atoms with Gasteiger partial charge in [-0.1, -0.05) is 0 Å². The van der Waals surface area contributed by atoms with E-state index in [1.807, 2.05) is 12.3 Å². The maximum absolute atomic E-state index is 12.6. The molecule has 1 aromatic heterocycles. The average molecular weight is 312 g/mol. The van der Waals surface area contributed by atoms with Crippen molar-refractivity contribution in [2.75, 3.05) is 32.2 Å². The van der Waals surface area contributed by atoms with E-state index in [-0.39, 0.29) is 12.5 Å². The lowest BCUT2D eigenvalue weighted by Crippen LogP contribution is -2.46. The van der Waals surface area contributed by atoms with Gasteiger partial charge >= 0.3 is 5.97 Å². The molecule has 116 valence electrons. The Bertz CT molecular complexity index is 535. The Labute approximate surface area is 127 Å². The molecule has 0 spiro atoms. The van der Waals surface area contributed by atoms with Crippen molar-refractivity contribution in [2.45, 2.75) is 19.8 Å². The van der Waals surface area contributed by atoms with E-state index in [1.165, 1.54) is 18.4 Å². The fraction of sp³-hybridized carbons (Fsp3) is 0.571. The second-order valence-corrected chi connectivity index (χ2v) is 6.05. The van der Waals surface area contributed by atoms with E-state index in [9.17, 15) is 9.59 Å². The van der Waals surface area contributed by atoms with Gasteiger partial charge in [0, 0.05) is 19.8 Å². The van der Waals surface area contributed by atoms with Crippen molar-refractivity contribution >= 4 is 28.9 Å². The summed E-state index contributed by atoms with van der Waals surface area (Å²) in [5.74, 6) is -0.600. The highest BCUT2D eigenvalue weighted by Crippen LogP contribution is 2.34. The topological polar surface area (TPSA) is 90.7 Å². The number of esters is 1. The number of rotatable bonds is 4. The molecule has 0 bridgehead atoms. The molecule has 0 aromatic carbocycles. The van der Waals surface area contributed by atoms with E-state index >= 15 is 0 Å². The Hall–Kier alpha value is -1.44.